The van der Waals surface area contributed by atoms with Crippen molar-refractivity contribution >= 4 is 17.6 Å². The van der Waals surface area contributed by atoms with E-state index in [1.165, 1.54) is 5.56 Å². The predicted octanol–water partition coefficient (Wildman–Crippen LogP) is 2.21. The van der Waals surface area contributed by atoms with E-state index in [0.29, 0.717) is 19.0 Å². The first-order valence-corrected chi connectivity index (χ1v) is 10.3. The number of nitrogens with zero attached hydrogens (tertiary/aromatic N) is 2. The zero-order chi connectivity index (χ0) is 19.1. The number of para-hydroxylation sites is 1. The van der Waals surface area contributed by atoms with Gasteiger partial charge in [0, 0.05) is 37.8 Å². The summed E-state index contributed by atoms with van der Waals surface area (Å²) in [4.78, 5) is 19.1. The van der Waals surface area contributed by atoms with Crippen LogP contribution in [0.3, 0.4) is 0 Å². The summed E-state index contributed by atoms with van der Waals surface area (Å²) >= 11 is 0. The highest BCUT2D eigenvalue weighted by Crippen LogP contribution is 2.28. The first kappa shape index (κ1) is 19.7. The number of hydrogen-bond donors (Lipinski definition) is 3. The number of aliphatic hydroxyl groups excluding tert-OH is 1. The maximum atomic E-state index is 12.5. The fourth-order valence-electron chi connectivity index (χ4n) is 3.89. The van der Waals surface area contributed by atoms with Gasteiger partial charge in [-0.1, -0.05) is 18.2 Å². The SMILES string of the molecule is CCNC(=NCCCC(=O)N1CCc2ccccc21)NC1CCC(O)CC1. The first-order valence-electron chi connectivity index (χ1n) is 10.3. The van der Waals surface area contributed by atoms with Crippen molar-refractivity contribution in [2.75, 3.05) is 24.5 Å². The third-order valence-electron chi connectivity index (χ3n) is 5.39. The summed E-state index contributed by atoms with van der Waals surface area (Å²) < 4.78 is 0. The van der Waals surface area contributed by atoms with Crippen molar-refractivity contribution in [1.82, 2.24) is 10.6 Å². The van der Waals surface area contributed by atoms with E-state index in [2.05, 4.69) is 28.6 Å². The third kappa shape index (κ3) is 5.45. The molecule has 1 saturated carbocycles. The van der Waals surface area contributed by atoms with Crippen molar-refractivity contribution in [1.29, 1.82) is 0 Å². The number of nitrogens with one attached hydrogen (secondary N) is 2. The van der Waals surface area contributed by atoms with Crippen LogP contribution >= 0.6 is 0 Å². The Bertz CT molecular complexity index is 653. The van der Waals surface area contributed by atoms with Crippen LogP contribution in [-0.2, 0) is 11.2 Å². The van der Waals surface area contributed by atoms with Gasteiger partial charge in [-0.3, -0.25) is 9.79 Å². The van der Waals surface area contributed by atoms with Gasteiger partial charge in [-0.2, -0.15) is 0 Å². The summed E-state index contributed by atoms with van der Waals surface area (Å²) in [5, 5.41) is 16.4. The molecule has 0 radical (unpaired) electrons. The molecular weight excluding hydrogens is 340 g/mol. The topological polar surface area (TPSA) is 77.0 Å². The lowest BCUT2D eigenvalue weighted by atomic mass is 9.93. The van der Waals surface area contributed by atoms with Gasteiger partial charge < -0.3 is 20.6 Å². The minimum absolute atomic E-state index is 0.149. The van der Waals surface area contributed by atoms with Crippen LogP contribution in [0.1, 0.15) is 51.0 Å². The molecule has 1 aromatic rings. The molecule has 1 fully saturated rings. The molecule has 0 bridgehead atoms. The molecule has 1 amide bonds. The van der Waals surface area contributed by atoms with Crippen molar-refractivity contribution in [3.8, 4) is 0 Å². The molecule has 6 heteroatoms. The molecule has 3 N–H and O–H groups in total. The Morgan fingerprint density at radius 1 is 1.26 bits per heavy atom. The second-order valence-corrected chi connectivity index (χ2v) is 7.44. The highest BCUT2D eigenvalue weighted by atomic mass is 16.3. The lowest BCUT2D eigenvalue weighted by molar-refractivity contribution is -0.118. The van der Waals surface area contributed by atoms with Gasteiger partial charge in [0.2, 0.25) is 5.91 Å². The second kappa shape index (κ2) is 9.74. The van der Waals surface area contributed by atoms with Crippen molar-refractivity contribution in [3.05, 3.63) is 29.8 Å². The lowest BCUT2D eigenvalue weighted by Crippen LogP contribution is -2.45. The minimum Gasteiger partial charge on any atom is -0.393 e. The Morgan fingerprint density at radius 3 is 2.81 bits per heavy atom. The number of carbonyl (C=O) groups excluding carboxylic acids is 1. The molecule has 0 saturated heterocycles. The molecule has 3 rings (SSSR count). The normalized spacial score (nSPS) is 22.4. The molecular formula is C21H32N4O2. The quantitative estimate of drug-likeness (QED) is 0.407. The molecule has 0 atom stereocenters. The number of fused-ring (bicyclic) bond motifs is 1. The Kier molecular flexibility index (Phi) is 7.10. The summed E-state index contributed by atoms with van der Waals surface area (Å²) in [5.41, 5.74) is 2.33. The van der Waals surface area contributed by atoms with E-state index in [4.69, 9.17) is 0 Å². The summed E-state index contributed by atoms with van der Waals surface area (Å²) in [6.07, 6.45) is 5.71. The maximum Gasteiger partial charge on any atom is 0.227 e. The van der Waals surface area contributed by atoms with Gasteiger partial charge in [-0.25, -0.2) is 0 Å². The largest absolute Gasteiger partial charge is 0.393 e. The molecule has 0 aromatic heterocycles. The molecule has 0 spiro atoms. The Labute approximate surface area is 162 Å². The monoisotopic (exact) mass is 372 g/mol. The zero-order valence-electron chi connectivity index (χ0n) is 16.3. The van der Waals surface area contributed by atoms with Crippen LogP contribution < -0.4 is 15.5 Å². The number of aliphatic hydroxyl groups is 1. The van der Waals surface area contributed by atoms with E-state index < -0.39 is 0 Å². The number of aliphatic imine (C=N–C) groups is 1. The lowest BCUT2D eigenvalue weighted by Gasteiger charge is -2.27. The van der Waals surface area contributed by atoms with Crippen molar-refractivity contribution in [2.24, 2.45) is 4.99 Å². The zero-order valence-corrected chi connectivity index (χ0v) is 16.3. The summed E-state index contributed by atoms with van der Waals surface area (Å²) in [6.45, 7) is 4.28. The molecule has 148 valence electrons. The number of amides is 1. The van der Waals surface area contributed by atoms with Gasteiger partial charge in [0.15, 0.2) is 5.96 Å². The van der Waals surface area contributed by atoms with Crippen LogP contribution in [0.5, 0.6) is 0 Å². The van der Waals surface area contributed by atoms with Crippen LogP contribution in [0.25, 0.3) is 0 Å². The van der Waals surface area contributed by atoms with Crippen molar-refractivity contribution < 1.29 is 9.90 Å². The number of hydrogen-bond acceptors (Lipinski definition) is 3. The van der Waals surface area contributed by atoms with Crippen LogP contribution in [0.15, 0.2) is 29.3 Å². The number of benzene rings is 1. The van der Waals surface area contributed by atoms with Crippen LogP contribution in [0.4, 0.5) is 5.69 Å². The minimum atomic E-state index is -0.149. The fourth-order valence-corrected chi connectivity index (χ4v) is 3.89. The number of anilines is 1. The van der Waals surface area contributed by atoms with Gasteiger partial charge in [0.25, 0.3) is 0 Å². The standard InChI is InChI=1S/C21H32N4O2/c1-2-22-21(24-17-9-11-18(26)12-10-17)23-14-5-8-20(27)25-15-13-16-6-3-4-7-19(16)25/h3-4,6-7,17-18,26H,2,5,8-15H2,1H3,(H2,22,23,24). The van der Waals surface area contributed by atoms with Crippen LogP contribution in [0, 0.1) is 0 Å². The molecule has 0 unspecified atom stereocenters. The van der Waals surface area contributed by atoms with Crippen molar-refractivity contribution in [2.45, 2.75) is 64.0 Å². The Balaban J connectivity index is 1.44. The van der Waals surface area contributed by atoms with Gasteiger partial charge in [0.05, 0.1) is 6.10 Å². The average molecular weight is 373 g/mol. The van der Waals surface area contributed by atoms with E-state index in [9.17, 15) is 9.90 Å². The fraction of sp³-hybridized carbons (Fsp3) is 0.619. The average Bonchev–Trinajstić information content (AvgIpc) is 3.11. The summed E-state index contributed by atoms with van der Waals surface area (Å²) in [5.74, 6) is 1.01. The number of rotatable bonds is 6. The Hall–Kier alpha value is -2.08. The van der Waals surface area contributed by atoms with Crippen molar-refractivity contribution in [3.63, 3.8) is 0 Å². The molecule has 6 nitrogen and oxygen atoms in total. The second-order valence-electron chi connectivity index (χ2n) is 7.44. The van der Waals surface area contributed by atoms with Gasteiger partial charge in [-0.05, 0) is 57.1 Å². The maximum absolute atomic E-state index is 12.5. The molecule has 2 aliphatic rings. The number of carbonyl (C=O) groups is 1. The third-order valence-corrected chi connectivity index (χ3v) is 5.39. The summed E-state index contributed by atoms with van der Waals surface area (Å²) in [6, 6.07) is 8.53. The Morgan fingerprint density at radius 2 is 2.04 bits per heavy atom. The van der Waals surface area contributed by atoms with Crippen LogP contribution in [0.2, 0.25) is 0 Å². The van der Waals surface area contributed by atoms with Gasteiger partial charge >= 0.3 is 0 Å². The van der Waals surface area contributed by atoms with E-state index in [1.54, 1.807) is 0 Å². The number of guanidine groups is 1. The molecule has 1 aromatic carbocycles. The predicted molar refractivity (Wildman–Crippen MR) is 109 cm³/mol. The van der Waals surface area contributed by atoms with E-state index in [1.807, 2.05) is 23.1 Å². The molecule has 27 heavy (non-hydrogen) atoms. The smallest absolute Gasteiger partial charge is 0.227 e. The summed E-state index contributed by atoms with van der Waals surface area (Å²) in [7, 11) is 0. The molecule has 1 aliphatic heterocycles. The highest BCUT2D eigenvalue weighted by Gasteiger charge is 2.23. The van der Waals surface area contributed by atoms with Gasteiger partial charge in [0.1, 0.15) is 0 Å². The highest BCUT2D eigenvalue weighted by molar-refractivity contribution is 5.95. The first-order chi connectivity index (χ1) is 13.2. The van der Waals surface area contributed by atoms with E-state index in [-0.39, 0.29) is 12.0 Å². The van der Waals surface area contributed by atoms with Gasteiger partial charge in [-0.15, -0.1) is 0 Å². The molecule has 1 aliphatic carbocycles. The van der Waals surface area contributed by atoms with E-state index in [0.717, 1.165) is 63.3 Å². The van der Waals surface area contributed by atoms with E-state index >= 15 is 0 Å². The molecule has 1 heterocycles. The van der Waals surface area contributed by atoms with Crippen LogP contribution in [-0.4, -0.2) is 48.8 Å².